The maximum absolute atomic E-state index is 5.94. The van der Waals surface area contributed by atoms with Crippen molar-refractivity contribution in [3.8, 4) is 0 Å². The summed E-state index contributed by atoms with van der Waals surface area (Å²) >= 11 is 0. The van der Waals surface area contributed by atoms with Crippen molar-refractivity contribution in [2.24, 2.45) is 0 Å². The topological polar surface area (TPSA) is 68.8 Å². The molecule has 90 valence electrons. The van der Waals surface area contributed by atoms with Crippen LogP contribution in [0.4, 0.5) is 17.2 Å². The van der Waals surface area contributed by atoms with Crippen LogP contribution in [0.2, 0.25) is 0 Å². The fourth-order valence-corrected chi connectivity index (χ4v) is 1.49. The molecule has 0 aliphatic rings. The summed E-state index contributed by atoms with van der Waals surface area (Å²) in [5.74, 6) is 0.674. The van der Waals surface area contributed by atoms with Crippen molar-refractivity contribution in [3.05, 3.63) is 30.2 Å². The number of nitrogens with two attached hydrogens (primary N) is 1. The number of aromatic nitrogens is 3. The zero-order chi connectivity index (χ0) is 12.4. The smallest absolute Gasteiger partial charge is 0.153 e. The summed E-state index contributed by atoms with van der Waals surface area (Å²) in [6, 6.07) is 2.23. The van der Waals surface area contributed by atoms with Crippen LogP contribution < -0.4 is 11.1 Å². The molecule has 2 heterocycles. The van der Waals surface area contributed by atoms with E-state index in [0.29, 0.717) is 17.5 Å². The Hall–Kier alpha value is -2.04. The lowest BCUT2D eigenvalue weighted by atomic mass is 10.2. The summed E-state index contributed by atoms with van der Waals surface area (Å²) in [4.78, 5) is 4.22. The monoisotopic (exact) mass is 231 g/mol. The molecule has 3 N–H and O–H groups in total. The number of rotatable bonds is 3. The molecule has 0 unspecified atom stereocenters. The molecule has 2 aromatic rings. The SMILES string of the molecule is Cc1ccnc(Nc2cnn(C(C)C)c2)c1N. The van der Waals surface area contributed by atoms with Crippen LogP contribution in [0.5, 0.6) is 0 Å². The van der Waals surface area contributed by atoms with Crippen molar-refractivity contribution in [1.82, 2.24) is 14.8 Å². The minimum absolute atomic E-state index is 0.341. The van der Waals surface area contributed by atoms with E-state index in [9.17, 15) is 0 Å². The van der Waals surface area contributed by atoms with Gasteiger partial charge in [0.25, 0.3) is 0 Å². The highest BCUT2D eigenvalue weighted by atomic mass is 15.3. The largest absolute Gasteiger partial charge is 0.396 e. The van der Waals surface area contributed by atoms with E-state index >= 15 is 0 Å². The molecule has 17 heavy (non-hydrogen) atoms. The van der Waals surface area contributed by atoms with E-state index in [1.54, 1.807) is 12.4 Å². The van der Waals surface area contributed by atoms with Crippen molar-refractivity contribution < 1.29 is 0 Å². The predicted molar refractivity (Wildman–Crippen MR) is 69.3 cm³/mol. The van der Waals surface area contributed by atoms with E-state index in [2.05, 4.69) is 29.2 Å². The van der Waals surface area contributed by atoms with Gasteiger partial charge < -0.3 is 11.1 Å². The average Bonchev–Trinajstić information content (AvgIpc) is 2.73. The Morgan fingerprint density at radius 3 is 2.82 bits per heavy atom. The molecule has 0 aromatic carbocycles. The van der Waals surface area contributed by atoms with Crippen molar-refractivity contribution in [3.63, 3.8) is 0 Å². The highest BCUT2D eigenvalue weighted by Gasteiger charge is 2.06. The zero-order valence-electron chi connectivity index (χ0n) is 10.3. The minimum Gasteiger partial charge on any atom is -0.396 e. The van der Waals surface area contributed by atoms with Crippen LogP contribution in [0.15, 0.2) is 24.7 Å². The first kappa shape index (κ1) is 11.4. The molecule has 0 aliphatic heterocycles. The summed E-state index contributed by atoms with van der Waals surface area (Å²) in [5, 5.41) is 7.42. The Labute approximate surface area is 101 Å². The third-order valence-electron chi connectivity index (χ3n) is 2.60. The first-order valence-corrected chi connectivity index (χ1v) is 5.60. The summed E-state index contributed by atoms with van der Waals surface area (Å²) in [5.41, 5.74) is 8.52. The molecule has 5 nitrogen and oxygen atoms in total. The lowest BCUT2D eigenvalue weighted by Gasteiger charge is -2.08. The third kappa shape index (κ3) is 2.38. The summed E-state index contributed by atoms with van der Waals surface area (Å²) < 4.78 is 1.88. The zero-order valence-corrected chi connectivity index (χ0v) is 10.3. The Bertz CT molecular complexity index is 515. The van der Waals surface area contributed by atoms with Crippen LogP contribution in [-0.4, -0.2) is 14.8 Å². The van der Waals surface area contributed by atoms with Crippen LogP contribution in [-0.2, 0) is 0 Å². The predicted octanol–water partition coefficient (Wildman–Crippen LogP) is 2.49. The van der Waals surface area contributed by atoms with Gasteiger partial charge in [-0.1, -0.05) is 0 Å². The quantitative estimate of drug-likeness (QED) is 0.851. The lowest BCUT2D eigenvalue weighted by Crippen LogP contribution is -2.01. The molecule has 0 atom stereocenters. The van der Waals surface area contributed by atoms with Gasteiger partial charge in [0, 0.05) is 18.4 Å². The first-order chi connectivity index (χ1) is 8.08. The van der Waals surface area contributed by atoms with Gasteiger partial charge in [0.2, 0.25) is 0 Å². The van der Waals surface area contributed by atoms with E-state index in [4.69, 9.17) is 5.73 Å². The Kier molecular flexibility index (Phi) is 2.99. The number of aryl methyl sites for hydroxylation is 1. The number of nitrogens with one attached hydrogen (secondary N) is 1. The maximum Gasteiger partial charge on any atom is 0.153 e. The van der Waals surface area contributed by atoms with Crippen molar-refractivity contribution in [2.45, 2.75) is 26.8 Å². The van der Waals surface area contributed by atoms with E-state index in [-0.39, 0.29) is 0 Å². The second-order valence-corrected chi connectivity index (χ2v) is 4.32. The number of nitrogens with zero attached hydrogens (tertiary/aromatic N) is 3. The van der Waals surface area contributed by atoms with Crippen molar-refractivity contribution >= 4 is 17.2 Å². The molecule has 0 bridgehead atoms. The van der Waals surface area contributed by atoms with E-state index < -0.39 is 0 Å². The molecule has 0 saturated heterocycles. The fourth-order valence-electron chi connectivity index (χ4n) is 1.49. The number of nitrogen functional groups attached to an aromatic ring is 1. The second-order valence-electron chi connectivity index (χ2n) is 4.32. The molecule has 0 fully saturated rings. The molecular formula is C12H17N5. The highest BCUT2D eigenvalue weighted by molar-refractivity contribution is 5.70. The standard InChI is InChI=1S/C12H17N5/c1-8(2)17-7-10(6-15-17)16-12-11(13)9(3)4-5-14-12/h4-8H,13H2,1-3H3,(H,14,16). The van der Waals surface area contributed by atoms with Gasteiger partial charge in [0.05, 0.1) is 17.6 Å². The summed E-state index contributed by atoms with van der Waals surface area (Å²) in [6.07, 6.45) is 5.44. The average molecular weight is 231 g/mol. The first-order valence-electron chi connectivity index (χ1n) is 5.60. The number of pyridine rings is 1. The van der Waals surface area contributed by atoms with Gasteiger partial charge in [-0.3, -0.25) is 4.68 Å². The van der Waals surface area contributed by atoms with Crippen LogP contribution in [0.1, 0.15) is 25.5 Å². The van der Waals surface area contributed by atoms with E-state index in [1.165, 1.54) is 0 Å². The summed E-state index contributed by atoms with van der Waals surface area (Å²) in [6.45, 7) is 6.12. The van der Waals surface area contributed by atoms with Crippen LogP contribution in [0.3, 0.4) is 0 Å². The van der Waals surface area contributed by atoms with Crippen LogP contribution in [0, 0.1) is 6.92 Å². The third-order valence-corrected chi connectivity index (χ3v) is 2.60. The van der Waals surface area contributed by atoms with Gasteiger partial charge in [0.1, 0.15) is 0 Å². The maximum atomic E-state index is 5.94. The number of hydrogen-bond donors (Lipinski definition) is 2. The lowest BCUT2D eigenvalue weighted by molar-refractivity contribution is 0.532. The fraction of sp³-hybridized carbons (Fsp3) is 0.333. The van der Waals surface area contributed by atoms with Gasteiger partial charge in [-0.15, -0.1) is 0 Å². The number of anilines is 3. The van der Waals surface area contributed by atoms with Gasteiger partial charge >= 0.3 is 0 Å². The Morgan fingerprint density at radius 2 is 2.18 bits per heavy atom. The number of hydrogen-bond acceptors (Lipinski definition) is 4. The van der Waals surface area contributed by atoms with Gasteiger partial charge in [0.15, 0.2) is 5.82 Å². The molecule has 2 rings (SSSR count). The Balaban J connectivity index is 2.22. The van der Waals surface area contributed by atoms with Gasteiger partial charge in [-0.2, -0.15) is 5.10 Å². The van der Waals surface area contributed by atoms with Gasteiger partial charge in [-0.05, 0) is 32.4 Å². The second kappa shape index (κ2) is 4.45. The molecule has 2 aromatic heterocycles. The minimum atomic E-state index is 0.341. The van der Waals surface area contributed by atoms with Gasteiger partial charge in [-0.25, -0.2) is 4.98 Å². The van der Waals surface area contributed by atoms with Crippen LogP contribution >= 0.6 is 0 Å². The van der Waals surface area contributed by atoms with Crippen molar-refractivity contribution in [2.75, 3.05) is 11.1 Å². The van der Waals surface area contributed by atoms with Crippen molar-refractivity contribution in [1.29, 1.82) is 0 Å². The van der Waals surface area contributed by atoms with E-state index in [1.807, 2.05) is 23.9 Å². The van der Waals surface area contributed by atoms with E-state index in [0.717, 1.165) is 11.3 Å². The molecular weight excluding hydrogens is 214 g/mol. The molecule has 0 aliphatic carbocycles. The summed E-state index contributed by atoms with van der Waals surface area (Å²) in [7, 11) is 0. The molecule has 0 radical (unpaired) electrons. The molecule has 5 heteroatoms. The molecule has 0 amide bonds. The normalized spacial score (nSPS) is 10.8. The Morgan fingerprint density at radius 1 is 1.41 bits per heavy atom. The highest BCUT2D eigenvalue weighted by Crippen LogP contribution is 2.23. The van der Waals surface area contributed by atoms with Crippen LogP contribution in [0.25, 0.3) is 0 Å². The molecule has 0 spiro atoms. The molecule has 0 saturated carbocycles.